The number of anilines is 1. The van der Waals surface area contributed by atoms with Crippen molar-refractivity contribution in [1.29, 1.82) is 0 Å². The first-order chi connectivity index (χ1) is 14.5. The smallest absolute Gasteiger partial charge is 0.237 e. The molecule has 0 aliphatic heterocycles. The van der Waals surface area contributed by atoms with Crippen LogP contribution in [0.25, 0.3) is 11.0 Å². The van der Waals surface area contributed by atoms with Crippen molar-refractivity contribution in [3.05, 3.63) is 64.0 Å². The molecule has 2 bridgehead atoms. The van der Waals surface area contributed by atoms with Crippen LogP contribution in [0.2, 0.25) is 0 Å². The standard InChI is InChI=1S/C27H31N3O/c1-15-10-16(2)12-19(11-15)28-24(31)27-9-8-26(7,25(27,5)6)22-23(27)30-21-14-18(4)17(3)13-20(21)29-22/h10-14H,8-9H2,1-7H3,(H,28,31). The monoisotopic (exact) mass is 413 g/mol. The van der Waals surface area contributed by atoms with Crippen LogP contribution >= 0.6 is 0 Å². The lowest BCUT2D eigenvalue weighted by atomic mass is 9.63. The molecule has 160 valence electrons. The minimum atomic E-state index is -0.686. The van der Waals surface area contributed by atoms with E-state index in [-0.39, 0.29) is 16.7 Å². The molecule has 0 saturated heterocycles. The van der Waals surface area contributed by atoms with Gasteiger partial charge < -0.3 is 5.32 Å². The van der Waals surface area contributed by atoms with Gasteiger partial charge in [-0.25, -0.2) is 9.97 Å². The van der Waals surface area contributed by atoms with Crippen molar-refractivity contribution in [2.75, 3.05) is 5.32 Å². The van der Waals surface area contributed by atoms with Gasteiger partial charge in [0, 0.05) is 11.1 Å². The second-order valence-corrected chi connectivity index (χ2v) is 10.5. The van der Waals surface area contributed by atoms with Crippen molar-refractivity contribution >= 4 is 22.6 Å². The van der Waals surface area contributed by atoms with Crippen LogP contribution in [0, 0.1) is 33.1 Å². The predicted octanol–water partition coefficient (Wildman–Crippen LogP) is 5.83. The molecule has 1 N–H and O–H groups in total. The van der Waals surface area contributed by atoms with Gasteiger partial charge in [0.1, 0.15) is 0 Å². The Morgan fingerprint density at radius 3 is 1.94 bits per heavy atom. The Balaban J connectivity index is 1.71. The molecular formula is C27H31N3O. The van der Waals surface area contributed by atoms with Gasteiger partial charge in [0.15, 0.2) is 0 Å². The van der Waals surface area contributed by atoms with Crippen LogP contribution in [0.15, 0.2) is 30.3 Å². The number of hydrogen-bond acceptors (Lipinski definition) is 3. The first-order valence-corrected chi connectivity index (χ1v) is 11.2. The summed E-state index contributed by atoms with van der Waals surface area (Å²) in [6.45, 7) is 15.1. The Morgan fingerprint density at radius 2 is 1.35 bits per heavy atom. The Kier molecular flexibility index (Phi) is 4.00. The summed E-state index contributed by atoms with van der Waals surface area (Å²) in [4.78, 5) is 24.3. The summed E-state index contributed by atoms with van der Waals surface area (Å²) < 4.78 is 0. The lowest BCUT2D eigenvalue weighted by Crippen LogP contribution is -2.48. The Morgan fingerprint density at radius 1 is 0.806 bits per heavy atom. The number of benzene rings is 2. The van der Waals surface area contributed by atoms with Crippen LogP contribution in [0.4, 0.5) is 5.69 Å². The Labute approximate surface area is 184 Å². The largest absolute Gasteiger partial charge is 0.325 e. The maximum atomic E-state index is 14.0. The SMILES string of the molecule is Cc1cc(C)cc(NC(=O)C23CCC(C)(c4nc5cc(C)c(C)cc5nc42)C3(C)C)c1. The molecule has 1 amide bonds. The average molecular weight is 414 g/mol. The number of aryl methyl sites for hydroxylation is 4. The van der Waals surface area contributed by atoms with Gasteiger partial charge in [-0.1, -0.05) is 26.8 Å². The number of carbonyl (C=O) groups is 1. The molecule has 2 aliphatic carbocycles. The first kappa shape index (κ1) is 20.2. The Bertz CT molecular complexity index is 1250. The van der Waals surface area contributed by atoms with E-state index >= 15 is 0 Å². The van der Waals surface area contributed by atoms with E-state index in [4.69, 9.17) is 9.97 Å². The highest BCUT2D eigenvalue weighted by Gasteiger charge is 2.73. The minimum absolute atomic E-state index is 0.0439. The van der Waals surface area contributed by atoms with Crippen molar-refractivity contribution in [2.45, 2.75) is 72.1 Å². The highest BCUT2D eigenvalue weighted by molar-refractivity contribution is 6.02. The molecule has 5 rings (SSSR count). The molecule has 2 aromatic carbocycles. The van der Waals surface area contributed by atoms with Crippen molar-refractivity contribution in [1.82, 2.24) is 9.97 Å². The molecule has 4 heteroatoms. The van der Waals surface area contributed by atoms with E-state index in [1.54, 1.807) is 0 Å². The number of amides is 1. The fourth-order valence-electron chi connectivity index (χ4n) is 6.15. The topological polar surface area (TPSA) is 54.9 Å². The molecule has 1 fully saturated rings. The predicted molar refractivity (Wildman–Crippen MR) is 126 cm³/mol. The average Bonchev–Trinajstić information content (AvgIpc) is 2.96. The fraction of sp³-hybridized carbons (Fsp3) is 0.444. The van der Waals surface area contributed by atoms with E-state index in [1.165, 1.54) is 11.1 Å². The van der Waals surface area contributed by atoms with Crippen LogP contribution in [0.3, 0.4) is 0 Å². The van der Waals surface area contributed by atoms with E-state index in [9.17, 15) is 4.79 Å². The van der Waals surface area contributed by atoms with Crippen molar-refractivity contribution in [3.8, 4) is 0 Å². The lowest BCUT2D eigenvalue weighted by Gasteiger charge is -2.39. The van der Waals surface area contributed by atoms with Crippen LogP contribution in [0.1, 0.15) is 67.3 Å². The van der Waals surface area contributed by atoms with E-state index in [0.717, 1.165) is 52.1 Å². The van der Waals surface area contributed by atoms with Gasteiger partial charge >= 0.3 is 0 Å². The number of hydrogen-bond donors (Lipinski definition) is 1. The molecule has 31 heavy (non-hydrogen) atoms. The third kappa shape index (κ3) is 2.45. The summed E-state index contributed by atoms with van der Waals surface area (Å²) >= 11 is 0. The second kappa shape index (κ2) is 6.15. The highest BCUT2D eigenvalue weighted by atomic mass is 16.2. The molecule has 1 saturated carbocycles. The van der Waals surface area contributed by atoms with Crippen LogP contribution < -0.4 is 5.32 Å². The number of nitrogens with zero attached hydrogens (tertiary/aromatic N) is 2. The summed E-state index contributed by atoms with van der Waals surface area (Å²) in [6, 6.07) is 10.4. The van der Waals surface area contributed by atoms with Crippen LogP contribution in [0.5, 0.6) is 0 Å². The normalized spacial score (nSPS) is 25.6. The van der Waals surface area contributed by atoms with Gasteiger partial charge in [-0.15, -0.1) is 0 Å². The second-order valence-electron chi connectivity index (χ2n) is 10.5. The highest BCUT2D eigenvalue weighted by Crippen LogP contribution is 2.70. The maximum Gasteiger partial charge on any atom is 0.237 e. The van der Waals surface area contributed by atoms with Crippen molar-refractivity contribution < 1.29 is 4.79 Å². The van der Waals surface area contributed by atoms with Gasteiger partial charge in [-0.05, 0) is 92.5 Å². The molecule has 2 atom stereocenters. The zero-order chi connectivity index (χ0) is 22.3. The summed E-state index contributed by atoms with van der Waals surface area (Å²) in [7, 11) is 0. The van der Waals surface area contributed by atoms with Crippen molar-refractivity contribution in [2.24, 2.45) is 5.41 Å². The van der Waals surface area contributed by atoms with Gasteiger partial charge in [0.05, 0.1) is 27.8 Å². The molecule has 1 aromatic heterocycles. The van der Waals surface area contributed by atoms with Gasteiger partial charge in [0.2, 0.25) is 5.91 Å². The molecule has 2 aliphatic rings. The van der Waals surface area contributed by atoms with Gasteiger partial charge in [0.25, 0.3) is 0 Å². The molecule has 0 spiro atoms. The molecule has 2 unspecified atom stereocenters. The van der Waals surface area contributed by atoms with E-state index < -0.39 is 5.41 Å². The molecular weight excluding hydrogens is 382 g/mol. The quantitative estimate of drug-likeness (QED) is 0.575. The van der Waals surface area contributed by atoms with Crippen molar-refractivity contribution in [3.63, 3.8) is 0 Å². The molecule has 4 nitrogen and oxygen atoms in total. The van der Waals surface area contributed by atoms with E-state index in [0.29, 0.717) is 0 Å². The zero-order valence-electron chi connectivity index (χ0n) is 19.6. The van der Waals surface area contributed by atoms with Gasteiger partial charge in [-0.3, -0.25) is 4.79 Å². The van der Waals surface area contributed by atoms with Crippen LogP contribution in [-0.2, 0) is 15.6 Å². The summed E-state index contributed by atoms with van der Waals surface area (Å²) in [5.41, 5.74) is 8.11. The third-order valence-corrected chi connectivity index (χ3v) is 8.52. The summed E-state index contributed by atoms with van der Waals surface area (Å²) in [5.74, 6) is 0.0439. The molecule has 1 heterocycles. The molecule has 3 aromatic rings. The summed E-state index contributed by atoms with van der Waals surface area (Å²) in [6.07, 6.45) is 1.74. The van der Waals surface area contributed by atoms with Gasteiger partial charge in [-0.2, -0.15) is 0 Å². The lowest BCUT2D eigenvalue weighted by molar-refractivity contribution is -0.125. The van der Waals surface area contributed by atoms with E-state index in [1.807, 2.05) is 12.1 Å². The third-order valence-electron chi connectivity index (χ3n) is 8.52. The van der Waals surface area contributed by atoms with E-state index in [2.05, 4.69) is 72.0 Å². The first-order valence-electron chi connectivity index (χ1n) is 11.2. The fourth-order valence-corrected chi connectivity index (χ4v) is 6.15. The maximum absolute atomic E-state index is 14.0. The molecule has 0 radical (unpaired) electrons. The minimum Gasteiger partial charge on any atom is -0.325 e. The number of nitrogens with one attached hydrogen (secondary N) is 1. The zero-order valence-corrected chi connectivity index (χ0v) is 19.6. The van der Waals surface area contributed by atoms with Crippen LogP contribution in [-0.4, -0.2) is 15.9 Å². The number of aromatic nitrogens is 2. The summed E-state index contributed by atoms with van der Waals surface area (Å²) in [5, 5.41) is 3.26. The number of rotatable bonds is 2. The number of carbonyl (C=O) groups excluding carboxylic acids is 1. The Hall–Kier alpha value is -2.75. The number of fused-ring (bicyclic) bond motifs is 6.